The summed E-state index contributed by atoms with van der Waals surface area (Å²) < 4.78 is 13.2. The van der Waals surface area contributed by atoms with Crippen LogP contribution in [0.3, 0.4) is 0 Å². The van der Waals surface area contributed by atoms with Crippen molar-refractivity contribution in [2.45, 2.75) is 13.8 Å². The van der Waals surface area contributed by atoms with Crippen LogP contribution in [0.25, 0.3) is 0 Å². The van der Waals surface area contributed by atoms with E-state index in [0.717, 1.165) is 11.1 Å². The molecule has 0 saturated carbocycles. The molecule has 0 aliphatic carbocycles. The SMILES string of the molecule is Cc1ccc(F)cc1NCC(=O)Nc1cc(Cl)ccc1C. The smallest absolute Gasteiger partial charge is 0.243 e. The highest BCUT2D eigenvalue weighted by Gasteiger charge is 2.07. The van der Waals surface area contributed by atoms with Crippen molar-refractivity contribution >= 4 is 28.9 Å². The van der Waals surface area contributed by atoms with Gasteiger partial charge in [0.1, 0.15) is 5.82 Å². The third kappa shape index (κ3) is 4.20. The molecular weight excluding hydrogens is 291 g/mol. The molecule has 0 unspecified atom stereocenters. The third-order valence-electron chi connectivity index (χ3n) is 3.11. The maximum Gasteiger partial charge on any atom is 0.243 e. The molecule has 1 amide bonds. The van der Waals surface area contributed by atoms with Gasteiger partial charge < -0.3 is 10.6 Å². The quantitative estimate of drug-likeness (QED) is 0.891. The van der Waals surface area contributed by atoms with E-state index in [2.05, 4.69) is 10.6 Å². The molecule has 0 bridgehead atoms. The van der Waals surface area contributed by atoms with Crippen molar-refractivity contribution in [3.05, 3.63) is 58.4 Å². The zero-order valence-corrected chi connectivity index (χ0v) is 12.6. The molecule has 2 rings (SSSR count). The van der Waals surface area contributed by atoms with Crippen LogP contribution in [0.2, 0.25) is 5.02 Å². The van der Waals surface area contributed by atoms with Gasteiger partial charge >= 0.3 is 0 Å². The molecule has 0 fully saturated rings. The van der Waals surface area contributed by atoms with Gasteiger partial charge in [-0.15, -0.1) is 0 Å². The van der Waals surface area contributed by atoms with Crippen LogP contribution in [0, 0.1) is 19.7 Å². The van der Waals surface area contributed by atoms with E-state index < -0.39 is 0 Å². The van der Waals surface area contributed by atoms with Crippen LogP contribution in [0.1, 0.15) is 11.1 Å². The fraction of sp³-hybridized carbons (Fsp3) is 0.188. The first kappa shape index (κ1) is 15.3. The van der Waals surface area contributed by atoms with Crippen LogP contribution in [-0.4, -0.2) is 12.5 Å². The lowest BCUT2D eigenvalue weighted by Gasteiger charge is -2.11. The molecule has 3 nitrogen and oxygen atoms in total. The number of anilines is 2. The van der Waals surface area contributed by atoms with E-state index in [0.29, 0.717) is 16.4 Å². The topological polar surface area (TPSA) is 41.1 Å². The first-order valence-corrected chi connectivity index (χ1v) is 6.89. The number of nitrogens with one attached hydrogen (secondary N) is 2. The van der Waals surface area contributed by atoms with Crippen molar-refractivity contribution < 1.29 is 9.18 Å². The summed E-state index contributed by atoms with van der Waals surface area (Å²) in [5, 5.41) is 6.26. The average Bonchev–Trinajstić information content (AvgIpc) is 2.44. The molecule has 0 atom stereocenters. The molecule has 0 aliphatic rings. The Morgan fingerprint density at radius 1 is 1.10 bits per heavy atom. The first-order valence-electron chi connectivity index (χ1n) is 6.52. The second-order valence-corrected chi connectivity index (χ2v) is 5.26. The molecule has 110 valence electrons. The number of rotatable bonds is 4. The van der Waals surface area contributed by atoms with Crippen molar-refractivity contribution in [1.82, 2.24) is 0 Å². The predicted molar refractivity (Wildman–Crippen MR) is 84.4 cm³/mol. The molecule has 0 saturated heterocycles. The van der Waals surface area contributed by atoms with Gasteiger partial charge in [-0.3, -0.25) is 4.79 Å². The van der Waals surface area contributed by atoms with Crippen molar-refractivity contribution in [2.24, 2.45) is 0 Å². The summed E-state index contributed by atoms with van der Waals surface area (Å²) in [7, 11) is 0. The van der Waals surface area contributed by atoms with Crippen LogP contribution in [-0.2, 0) is 4.79 Å². The Labute approximate surface area is 128 Å². The highest BCUT2D eigenvalue weighted by molar-refractivity contribution is 6.31. The van der Waals surface area contributed by atoms with Gasteiger partial charge in [0.2, 0.25) is 5.91 Å². The number of aryl methyl sites for hydroxylation is 2. The number of amides is 1. The highest BCUT2D eigenvalue weighted by Crippen LogP contribution is 2.20. The van der Waals surface area contributed by atoms with Gasteiger partial charge in [0, 0.05) is 16.4 Å². The summed E-state index contributed by atoms with van der Waals surface area (Å²) in [6.45, 7) is 3.78. The van der Waals surface area contributed by atoms with Crippen LogP contribution in [0.15, 0.2) is 36.4 Å². The standard InChI is InChI=1S/C16H16ClFN2O/c1-10-4-6-13(18)8-14(10)19-9-16(21)20-15-7-12(17)5-3-11(15)2/h3-8,19H,9H2,1-2H3,(H,20,21). The van der Waals surface area contributed by atoms with E-state index in [9.17, 15) is 9.18 Å². The third-order valence-corrected chi connectivity index (χ3v) is 3.35. The van der Waals surface area contributed by atoms with E-state index in [1.807, 2.05) is 19.9 Å². The minimum absolute atomic E-state index is 0.0518. The molecule has 2 N–H and O–H groups in total. The zero-order valence-electron chi connectivity index (χ0n) is 11.8. The molecule has 2 aromatic carbocycles. The zero-order chi connectivity index (χ0) is 15.4. The molecular formula is C16H16ClFN2O. The van der Waals surface area contributed by atoms with Crippen molar-refractivity contribution in [3.8, 4) is 0 Å². The summed E-state index contributed by atoms with van der Waals surface area (Å²) in [5.74, 6) is -0.557. The van der Waals surface area contributed by atoms with Crippen molar-refractivity contribution in [3.63, 3.8) is 0 Å². The molecule has 0 aliphatic heterocycles. The van der Waals surface area contributed by atoms with Gasteiger partial charge in [-0.05, 0) is 49.2 Å². The van der Waals surface area contributed by atoms with Crippen molar-refractivity contribution in [2.75, 3.05) is 17.2 Å². The maximum atomic E-state index is 13.2. The van der Waals surface area contributed by atoms with Crippen molar-refractivity contribution in [1.29, 1.82) is 0 Å². The lowest BCUT2D eigenvalue weighted by Crippen LogP contribution is -2.22. The Balaban J connectivity index is 1.99. The van der Waals surface area contributed by atoms with Gasteiger partial charge in [0.15, 0.2) is 0 Å². The predicted octanol–water partition coefficient (Wildman–Crippen LogP) is 4.15. The summed E-state index contributed by atoms with van der Waals surface area (Å²) in [4.78, 5) is 11.9. The van der Waals surface area contributed by atoms with E-state index in [4.69, 9.17) is 11.6 Å². The van der Waals surface area contributed by atoms with Crippen LogP contribution < -0.4 is 10.6 Å². The van der Waals surface area contributed by atoms with Gasteiger partial charge in [-0.1, -0.05) is 23.7 Å². The fourth-order valence-electron chi connectivity index (χ4n) is 1.88. The molecule has 5 heteroatoms. The molecule has 21 heavy (non-hydrogen) atoms. The number of carbonyl (C=O) groups is 1. The summed E-state index contributed by atoms with van der Waals surface area (Å²) in [5.41, 5.74) is 3.08. The molecule has 0 heterocycles. The van der Waals surface area contributed by atoms with E-state index >= 15 is 0 Å². The Bertz CT molecular complexity index is 673. The summed E-state index contributed by atoms with van der Waals surface area (Å²) in [6, 6.07) is 9.71. The Morgan fingerprint density at radius 3 is 2.52 bits per heavy atom. The largest absolute Gasteiger partial charge is 0.376 e. The summed E-state index contributed by atoms with van der Waals surface area (Å²) in [6.07, 6.45) is 0. The molecule has 0 spiro atoms. The van der Waals surface area contributed by atoms with E-state index in [-0.39, 0.29) is 18.3 Å². The number of carbonyl (C=O) groups excluding carboxylic acids is 1. The average molecular weight is 307 g/mol. The summed E-state index contributed by atoms with van der Waals surface area (Å²) >= 11 is 5.90. The van der Waals surface area contributed by atoms with Gasteiger partial charge in [0.05, 0.1) is 6.54 Å². The first-order chi connectivity index (χ1) is 9.95. The maximum absolute atomic E-state index is 13.2. The molecule has 0 aromatic heterocycles. The highest BCUT2D eigenvalue weighted by atomic mass is 35.5. The van der Waals surface area contributed by atoms with Gasteiger partial charge in [-0.25, -0.2) is 4.39 Å². The Hall–Kier alpha value is -2.07. The monoisotopic (exact) mass is 306 g/mol. The van der Waals surface area contributed by atoms with Gasteiger partial charge in [0.25, 0.3) is 0 Å². The van der Waals surface area contributed by atoms with Gasteiger partial charge in [-0.2, -0.15) is 0 Å². The van der Waals surface area contributed by atoms with Crippen LogP contribution >= 0.6 is 11.6 Å². The minimum atomic E-state index is -0.339. The van der Waals surface area contributed by atoms with Crippen LogP contribution in [0.4, 0.5) is 15.8 Å². The second kappa shape index (κ2) is 6.59. The lowest BCUT2D eigenvalue weighted by atomic mass is 10.2. The number of halogens is 2. The number of hydrogen-bond acceptors (Lipinski definition) is 2. The minimum Gasteiger partial charge on any atom is -0.376 e. The second-order valence-electron chi connectivity index (χ2n) is 4.82. The Kier molecular flexibility index (Phi) is 4.81. The van der Waals surface area contributed by atoms with E-state index in [1.165, 1.54) is 12.1 Å². The molecule has 2 aromatic rings. The normalized spacial score (nSPS) is 10.3. The van der Waals surface area contributed by atoms with Crippen LogP contribution in [0.5, 0.6) is 0 Å². The molecule has 0 radical (unpaired) electrons. The Morgan fingerprint density at radius 2 is 1.76 bits per heavy atom. The van der Waals surface area contributed by atoms with E-state index in [1.54, 1.807) is 18.2 Å². The fourth-order valence-corrected chi connectivity index (χ4v) is 2.06. The number of benzene rings is 2. The lowest BCUT2D eigenvalue weighted by molar-refractivity contribution is -0.114. The number of hydrogen-bond donors (Lipinski definition) is 2.